The lowest BCUT2D eigenvalue weighted by Crippen LogP contribution is -2.33. The van der Waals surface area contributed by atoms with Crippen LogP contribution in [0.5, 0.6) is 28.7 Å². The molecule has 1 amide bonds. The van der Waals surface area contributed by atoms with Crippen LogP contribution in [0.1, 0.15) is 36.7 Å². The number of amides is 1. The number of fused-ring (bicyclic) bond motifs is 1. The third-order valence-corrected chi connectivity index (χ3v) is 6.22. The molecule has 0 aliphatic heterocycles. The van der Waals surface area contributed by atoms with E-state index in [-0.39, 0.29) is 18.0 Å². The summed E-state index contributed by atoms with van der Waals surface area (Å²) in [4.78, 5) is 31.8. The number of nitrogens with one attached hydrogen (secondary N) is 1. The average molecular weight is 547 g/mol. The first kappa shape index (κ1) is 28.4. The van der Waals surface area contributed by atoms with Crippen LogP contribution in [0.4, 0.5) is 5.69 Å². The molecule has 1 aromatic heterocycles. The standard InChI is InChI=1S/C31H34N2O7/c1-6-38-27-15-21(16-28(39-7-2)29(27)40-8-3)31(35)33(23-10-9-11-24(17-23)36-4)19-22-14-20-12-13-25(37-5)18-26(20)32-30(22)34/h9-18H,6-8,19H2,1-5H3,(H,32,34). The fraction of sp³-hybridized carbons (Fsp3) is 0.290. The summed E-state index contributed by atoms with van der Waals surface area (Å²) in [5.41, 5.74) is 1.62. The van der Waals surface area contributed by atoms with Gasteiger partial charge < -0.3 is 33.6 Å². The second kappa shape index (κ2) is 12.9. The Kier molecular flexibility index (Phi) is 9.16. The Hall–Kier alpha value is -4.66. The van der Waals surface area contributed by atoms with Crippen LogP contribution in [0.3, 0.4) is 0 Å². The summed E-state index contributed by atoms with van der Waals surface area (Å²) in [6.07, 6.45) is 0. The molecule has 9 nitrogen and oxygen atoms in total. The van der Waals surface area contributed by atoms with Crippen molar-refractivity contribution in [3.8, 4) is 28.7 Å². The van der Waals surface area contributed by atoms with Gasteiger partial charge in [0.1, 0.15) is 11.5 Å². The zero-order valence-electron chi connectivity index (χ0n) is 23.4. The number of methoxy groups -OCH3 is 2. The van der Waals surface area contributed by atoms with Gasteiger partial charge in [0.2, 0.25) is 5.75 Å². The number of aromatic nitrogens is 1. The number of aromatic amines is 1. The number of ether oxygens (including phenoxy) is 5. The first-order valence-corrected chi connectivity index (χ1v) is 13.1. The Balaban J connectivity index is 1.83. The summed E-state index contributed by atoms with van der Waals surface area (Å²) in [5.74, 6) is 2.11. The quantitative estimate of drug-likeness (QED) is 0.247. The molecule has 210 valence electrons. The zero-order valence-corrected chi connectivity index (χ0v) is 23.4. The SMILES string of the molecule is CCOc1cc(C(=O)N(Cc2cc3ccc(OC)cc3[nH]c2=O)c2cccc(OC)c2)cc(OCC)c1OCC. The van der Waals surface area contributed by atoms with Gasteiger partial charge >= 0.3 is 0 Å². The number of rotatable bonds is 12. The van der Waals surface area contributed by atoms with Crippen molar-refractivity contribution in [2.24, 2.45) is 0 Å². The number of benzene rings is 3. The number of nitrogens with zero attached hydrogens (tertiary/aromatic N) is 1. The monoisotopic (exact) mass is 546 g/mol. The van der Waals surface area contributed by atoms with Gasteiger partial charge in [-0.3, -0.25) is 9.59 Å². The van der Waals surface area contributed by atoms with Crippen molar-refractivity contribution >= 4 is 22.5 Å². The van der Waals surface area contributed by atoms with Crippen LogP contribution in [0.25, 0.3) is 10.9 Å². The molecule has 1 N–H and O–H groups in total. The molecule has 4 aromatic rings. The van der Waals surface area contributed by atoms with Crippen LogP contribution >= 0.6 is 0 Å². The minimum absolute atomic E-state index is 0.00442. The van der Waals surface area contributed by atoms with Gasteiger partial charge in [-0.1, -0.05) is 6.07 Å². The predicted octanol–water partition coefficient (Wildman–Crippen LogP) is 5.59. The fourth-order valence-electron chi connectivity index (χ4n) is 4.37. The largest absolute Gasteiger partial charge is 0.497 e. The highest BCUT2D eigenvalue weighted by Gasteiger charge is 2.24. The van der Waals surface area contributed by atoms with E-state index in [1.165, 1.54) is 4.90 Å². The van der Waals surface area contributed by atoms with E-state index >= 15 is 0 Å². The van der Waals surface area contributed by atoms with Crippen molar-refractivity contribution in [2.75, 3.05) is 38.9 Å². The molecule has 9 heteroatoms. The number of hydrogen-bond acceptors (Lipinski definition) is 7. The molecule has 0 saturated heterocycles. The molecule has 1 heterocycles. The summed E-state index contributed by atoms with van der Waals surface area (Å²) >= 11 is 0. The van der Waals surface area contributed by atoms with Crippen molar-refractivity contribution in [3.63, 3.8) is 0 Å². The Labute approximate surface area is 233 Å². The second-order valence-corrected chi connectivity index (χ2v) is 8.77. The summed E-state index contributed by atoms with van der Waals surface area (Å²) in [7, 11) is 3.13. The molecule has 0 saturated carbocycles. The molecule has 0 bridgehead atoms. The van der Waals surface area contributed by atoms with E-state index in [1.807, 2.05) is 32.9 Å². The van der Waals surface area contributed by atoms with Gasteiger partial charge in [0, 0.05) is 28.9 Å². The van der Waals surface area contributed by atoms with Crippen molar-refractivity contribution in [1.29, 1.82) is 0 Å². The van der Waals surface area contributed by atoms with Crippen LogP contribution < -0.4 is 34.1 Å². The molecular formula is C31H34N2O7. The van der Waals surface area contributed by atoms with E-state index in [2.05, 4.69) is 4.98 Å². The van der Waals surface area contributed by atoms with Crippen molar-refractivity contribution in [3.05, 3.63) is 82.1 Å². The van der Waals surface area contributed by atoms with Crippen LogP contribution in [0, 0.1) is 0 Å². The average Bonchev–Trinajstić information content (AvgIpc) is 2.97. The van der Waals surface area contributed by atoms with Crippen molar-refractivity contribution in [1.82, 2.24) is 4.98 Å². The summed E-state index contributed by atoms with van der Waals surface area (Å²) in [6.45, 7) is 6.74. The molecule has 3 aromatic carbocycles. The van der Waals surface area contributed by atoms with Gasteiger partial charge in [0.15, 0.2) is 11.5 Å². The predicted molar refractivity (Wildman–Crippen MR) is 155 cm³/mol. The number of carbonyl (C=O) groups is 1. The first-order valence-electron chi connectivity index (χ1n) is 13.1. The van der Waals surface area contributed by atoms with E-state index in [9.17, 15) is 9.59 Å². The molecule has 4 rings (SSSR count). The number of anilines is 1. The maximum absolute atomic E-state index is 14.2. The Morgan fingerprint density at radius 1 is 0.800 bits per heavy atom. The minimum Gasteiger partial charge on any atom is -0.497 e. The van der Waals surface area contributed by atoms with Crippen molar-refractivity contribution in [2.45, 2.75) is 27.3 Å². The molecule has 0 radical (unpaired) electrons. The highest BCUT2D eigenvalue weighted by atomic mass is 16.5. The second-order valence-electron chi connectivity index (χ2n) is 8.77. The van der Waals surface area contributed by atoms with Gasteiger partial charge in [-0.05, 0) is 68.6 Å². The van der Waals surface area contributed by atoms with Gasteiger partial charge in [-0.2, -0.15) is 0 Å². The van der Waals surface area contributed by atoms with Crippen LogP contribution in [0.15, 0.2) is 65.5 Å². The maximum atomic E-state index is 14.2. The number of hydrogen-bond donors (Lipinski definition) is 1. The van der Waals surface area contributed by atoms with E-state index < -0.39 is 0 Å². The van der Waals surface area contributed by atoms with Gasteiger partial charge in [0.05, 0.1) is 46.1 Å². The van der Waals surface area contributed by atoms with Crippen LogP contribution in [-0.4, -0.2) is 44.9 Å². The highest BCUT2D eigenvalue weighted by Crippen LogP contribution is 2.40. The highest BCUT2D eigenvalue weighted by molar-refractivity contribution is 6.07. The lowest BCUT2D eigenvalue weighted by molar-refractivity contribution is 0.0984. The van der Waals surface area contributed by atoms with E-state index in [0.717, 1.165) is 5.39 Å². The normalized spacial score (nSPS) is 10.7. The number of H-pyrrole nitrogens is 1. The van der Waals surface area contributed by atoms with Crippen LogP contribution in [-0.2, 0) is 6.54 Å². The van der Waals surface area contributed by atoms with Crippen LogP contribution in [0.2, 0.25) is 0 Å². The lowest BCUT2D eigenvalue weighted by Gasteiger charge is -2.25. The Morgan fingerprint density at radius 2 is 1.45 bits per heavy atom. The topological polar surface area (TPSA) is 99.3 Å². The third kappa shape index (κ3) is 6.14. The fourth-order valence-corrected chi connectivity index (χ4v) is 4.37. The lowest BCUT2D eigenvalue weighted by atomic mass is 10.1. The molecule has 40 heavy (non-hydrogen) atoms. The molecule has 0 spiro atoms. The summed E-state index contributed by atoms with van der Waals surface area (Å²) in [5, 5.41) is 0.812. The molecule has 0 aliphatic carbocycles. The maximum Gasteiger partial charge on any atom is 0.258 e. The first-order chi connectivity index (χ1) is 19.4. The minimum atomic E-state index is -0.354. The molecule has 0 unspecified atom stereocenters. The third-order valence-electron chi connectivity index (χ3n) is 6.22. The number of carbonyl (C=O) groups excluding carboxylic acids is 1. The Morgan fingerprint density at radius 3 is 2.08 bits per heavy atom. The summed E-state index contributed by atoms with van der Waals surface area (Å²) in [6, 6.07) is 17.6. The Bertz CT molecular complexity index is 1520. The van der Waals surface area contributed by atoms with Gasteiger partial charge in [-0.25, -0.2) is 0 Å². The van der Waals surface area contributed by atoms with Crippen molar-refractivity contribution < 1.29 is 28.5 Å². The summed E-state index contributed by atoms with van der Waals surface area (Å²) < 4.78 is 28.2. The molecular weight excluding hydrogens is 512 g/mol. The molecule has 0 aliphatic rings. The van der Waals surface area contributed by atoms with Gasteiger partial charge in [-0.15, -0.1) is 0 Å². The number of pyridine rings is 1. The van der Waals surface area contributed by atoms with E-state index in [1.54, 1.807) is 62.8 Å². The zero-order chi connectivity index (χ0) is 28.6. The van der Waals surface area contributed by atoms with Gasteiger partial charge in [0.25, 0.3) is 11.5 Å². The molecule has 0 fully saturated rings. The smallest absolute Gasteiger partial charge is 0.258 e. The van der Waals surface area contributed by atoms with E-state index in [0.29, 0.717) is 70.9 Å². The molecule has 0 atom stereocenters. The van der Waals surface area contributed by atoms with E-state index in [4.69, 9.17) is 23.7 Å².